The van der Waals surface area contributed by atoms with E-state index in [1.807, 2.05) is 0 Å². The van der Waals surface area contributed by atoms with Crippen molar-refractivity contribution in [2.24, 2.45) is 0 Å². The van der Waals surface area contributed by atoms with Crippen LogP contribution in [-0.2, 0) is 12.6 Å². The van der Waals surface area contributed by atoms with Crippen LogP contribution in [0.25, 0.3) is 0 Å². The maximum absolute atomic E-state index is 12.6. The molecule has 0 spiro atoms. The molecule has 1 nitrogen and oxygen atoms in total. The molecule has 0 N–H and O–H groups in total. The van der Waals surface area contributed by atoms with Gasteiger partial charge in [0.1, 0.15) is 6.07 Å². The molecule has 0 unspecified atom stereocenters. The van der Waals surface area contributed by atoms with Crippen LogP contribution in [0.2, 0.25) is 0 Å². The van der Waals surface area contributed by atoms with Crippen molar-refractivity contribution in [3.05, 3.63) is 35.4 Å². The molecule has 1 aromatic carbocycles. The van der Waals surface area contributed by atoms with E-state index in [-0.39, 0.29) is 12.0 Å². The molecule has 1 rings (SSSR count). The first-order valence-electron chi connectivity index (χ1n) is 4.20. The third-order valence-electron chi connectivity index (χ3n) is 1.90. The number of alkyl halides is 5. The largest absolute Gasteiger partial charge is 0.416 e. The van der Waals surface area contributed by atoms with Crippen molar-refractivity contribution >= 4 is 23.2 Å². The Morgan fingerprint density at radius 3 is 2.25 bits per heavy atom. The molecular formula is C10H6Cl2F3N. The average Bonchev–Trinajstić information content (AvgIpc) is 2.16. The fourth-order valence-electron chi connectivity index (χ4n) is 1.23. The minimum Gasteiger partial charge on any atom is -0.195 e. The molecule has 0 amide bonds. The molecule has 0 aliphatic rings. The van der Waals surface area contributed by atoms with Crippen molar-refractivity contribution in [2.45, 2.75) is 16.9 Å². The zero-order chi connectivity index (χ0) is 12.4. The monoisotopic (exact) mass is 267 g/mol. The Bertz CT molecular complexity index is 421. The van der Waals surface area contributed by atoms with Crippen molar-refractivity contribution in [1.82, 2.24) is 0 Å². The van der Waals surface area contributed by atoms with Gasteiger partial charge in [0.25, 0.3) is 0 Å². The van der Waals surface area contributed by atoms with E-state index in [4.69, 9.17) is 28.5 Å². The first kappa shape index (κ1) is 13.1. The van der Waals surface area contributed by atoms with E-state index < -0.39 is 16.1 Å². The number of nitriles is 1. The Balaban J connectivity index is 3.12. The minimum absolute atomic E-state index is 0.0958. The van der Waals surface area contributed by atoms with E-state index in [0.29, 0.717) is 0 Å². The molecule has 0 saturated carbocycles. The van der Waals surface area contributed by atoms with Crippen LogP contribution in [0.4, 0.5) is 13.2 Å². The molecule has 6 heteroatoms. The highest BCUT2D eigenvalue weighted by atomic mass is 35.5. The van der Waals surface area contributed by atoms with Crippen molar-refractivity contribution < 1.29 is 13.2 Å². The summed E-state index contributed by atoms with van der Waals surface area (Å²) in [6.45, 7) is 0. The number of benzene rings is 1. The molecule has 0 fully saturated rings. The standard InChI is InChI=1S/C10H6Cl2F3N/c11-9(12,6-16)5-7-3-1-2-4-8(7)10(13,14)15/h1-4H,5H2. The van der Waals surface area contributed by atoms with E-state index in [1.165, 1.54) is 24.3 Å². The molecule has 0 aromatic heterocycles. The first-order valence-corrected chi connectivity index (χ1v) is 4.96. The molecular weight excluding hydrogens is 262 g/mol. The molecule has 86 valence electrons. The lowest BCUT2D eigenvalue weighted by molar-refractivity contribution is -0.138. The van der Waals surface area contributed by atoms with Gasteiger partial charge < -0.3 is 0 Å². The fourth-order valence-corrected chi connectivity index (χ4v) is 1.52. The summed E-state index contributed by atoms with van der Waals surface area (Å²) in [7, 11) is 0. The van der Waals surface area contributed by atoms with Gasteiger partial charge in [0.2, 0.25) is 4.33 Å². The third-order valence-corrected chi connectivity index (χ3v) is 2.34. The van der Waals surface area contributed by atoms with Crippen LogP contribution in [0.3, 0.4) is 0 Å². The van der Waals surface area contributed by atoms with Gasteiger partial charge in [-0.2, -0.15) is 18.4 Å². The van der Waals surface area contributed by atoms with E-state index in [0.717, 1.165) is 6.07 Å². The van der Waals surface area contributed by atoms with E-state index in [9.17, 15) is 13.2 Å². The molecule has 0 atom stereocenters. The molecule has 0 radical (unpaired) electrons. The second kappa shape index (κ2) is 4.52. The smallest absolute Gasteiger partial charge is 0.195 e. The molecule has 0 aliphatic carbocycles. The maximum Gasteiger partial charge on any atom is 0.416 e. The van der Waals surface area contributed by atoms with Gasteiger partial charge in [-0.15, -0.1) is 0 Å². The zero-order valence-electron chi connectivity index (χ0n) is 7.85. The van der Waals surface area contributed by atoms with Crippen LogP contribution in [0.1, 0.15) is 11.1 Å². The summed E-state index contributed by atoms with van der Waals surface area (Å²) in [5.41, 5.74) is -0.919. The van der Waals surface area contributed by atoms with Gasteiger partial charge in [-0.1, -0.05) is 41.4 Å². The Labute approximate surface area is 100 Å². The minimum atomic E-state index is -4.48. The summed E-state index contributed by atoms with van der Waals surface area (Å²) in [5.74, 6) is 0. The summed E-state index contributed by atoms with van der Waals surface area (Å²) >= 11 is 11.0. The molecule has 0 saturated heterocycles. The Hall–Kier alpha value is -0.920. The van der Waals surface area contributed by atoms with Crippen LogP contribution in [-0.4, -0.2) is 4.33 Å². The molecule has 0 bridgehead atoms. The summed E-state index contributed by atoms with van der Waals surface area (Å²) in [4.78, 5) is 0. The van der Waals surface area contributed by atoms with Gasteiger partial charge in [-0.3, -0.25) is 0 Å². The number of nitrogens with zero attached hydrogens (tertiary/aromatic N) is 1. The lowest BCUT2D eigenvalue weighted by atomic mass is 10.0. The fraction of sp³-hybridized carbons (Fsp3) is 0.300. The lowest BCUT2D eigenvalue weighted by Crippen LogP contribution is -2.17. The van der Waals surface area contributed by atoms with Crippen molar-refractivity contribution in [2.75, 3.05) is 0 Å². The highest BCUT2D eigenvalue weighted by molar-refractivity contribution is 6.50. The average molecular weight is 268 g/mol. The first-order chi connectivity index (χ1) is 7.26. The second-order valence-electron chi connectivity index (χ2n) is 3.15. The maximum atomic E-state index is 12.6. The van der Waals surface area contributed by atoms with Crippen LogP contribution >= 0.6 is 23.2 Å². The predicted molar refractivity (Wildman–Crippen MR) is 55.2 cm³/mol. The van der Waals surface area contributed by atoms with Gasteiger partial charge in [0.05, 0.1) is 5.56 Å². The van der Waals surface area contributed by atoms with Gasteiger partial charge in [0, 0.05) is 6.42 Å². The van der Waals surface area contributed by atoms with Gasteiger partial charge >= 0.3 is 6.18 Å². The summed E-state index contributed by atoms with van der Waals surface area (Å²) in [6, 6.07) is 6.41. The zero-order valence-corrected chi connectivity index (χ0v) is 9.37. The second-order valence-corrected chi connectivity index (χ2v) is 4.63. The topological polar surface area (TPSA) is 23.8 Å². The number of hydrogen-bond donors (Lipinski definition) is 0. The molecule has 16 heavy (non-hydrogen) atoms. The normalized spacial score (nSPS) is 12.2. The molecule has 0 aliphatic heterocycles. The molecule has 1 aromatic rings. The highest BCUT2D eigenvalue weighted by Gasteiger charge is 2.35. The quantitative estimate of drug-likeness (QED) is 0.745. The lowest BCUT2D eigenvalue weighted by Gasteiger charge is -2.15. The molecule has 0 heterocycles. The van der Waals surface area contributed by atoms with Crippen LogP contribution < -0.4 is 0 Å². The van der Waals surface area contributed by atoms with Crippen LogP contribution in [0, 0.1) is 11.3 Å². The van der Waals surface area contributed by atoms with Gasteiger partial charge in [-0.05, 0) is 11.6 Å². The number of halogens is 5. The number of hydrogen-bond acceptors (Lipinski definition) is 1. The highest BCUT2D eigenvalue weighted by Crippen LogP contribution is 2.35. The summed E-state index contributed by atoms with van der Waals surface area (Å²) in [5, 5.41) is 8.55. The Morgan fingerprint density at radius 1 is 1.19 bits per heavy atom. The van der Waals surface area contributed by atoms with Gasteiger partial charge in [0.15, 0.2) is 0 Å². The Kier molecular flexibility index (Phi) is 3.72. The third kappa shape index (κ3) is 3.29. The van der Waals surface area contributed by atoms with Crippen LogP contribution in [0.5, 0.6) is 0 Å². The van der Waals surface area contributed by atoms with Crippen molar-refractivity contribution in [3.8, 4) is 6.07 Å². The van der Waals surface area contributed by atoms with E-state index in [1.54, 1.807) is 0 Å². The summed E-state index contributed by atoms with van der Waals surface area (Å²) < 4.78 is 35.8. The van der Waals surface area contributed by atoms with E-state index in [2.05, 4.69) is 0 Å². The Morgan fingerprint density at radius 2 is 1.75 bits per heavy atom. The number of rotatable bonds is 2. The SMILES string of the molecule is N#CC(Cl)(Cl)Cc1ccccc1C(F)(F)F. The van der Waals surface area contributed by atoms with Crippen molar-refractivity contribution in [1.29, 1.82) is 5.26 Å². The van der Waals surface area contributed by atoms with Crippen LogP contribution in [0.15, 0.2) is 24.3 Å². The van der Waals surface area contributed by atoms with Crippen molar-refractivity contribution in [3.63, 3.8) is 0 Å². The predicted octanol–water partition coefficient (Wildman–Crippen LogP) is 3.95. The van der Waals surface area contributed by atoms with Gasteiger partial charge in [-0.25, -0.2) is 0 Å². The van der Waals surface area contributed by atoms with E-state index >= 15 is 0 Å². The summed E-state index contributed by atoms with van der Waals surface area (Å²) in [6.07, 6.45) is -4.85.